The molecule has 2 rings (SSSR count). The minimum Gasteiger partial charge on any atom is -0.396 e. The van der Waals surface area contributed by atoms with Crippen molar-refractivity contribution in [3.05, 3.63) is 11.9 Å². The van der Waals surface area contributed by atoms with Crippen LogP contribution < -0.4 is 0 Å². The van der Waals surface area contributed by atoms with E-state index in [4.69, 9.17) is 5.11 Å². The standard InChI is InChI=1S/C10H17N3O/c14-7-3-6-13-8-10(11-12-13)9-4-1-2-5-9/h8-9,14H,1-7H2. The number of aromatic nitrogens is 3. The molecule has 4 heteroatoms. The van der Waals surface area contributed by atoms with E-state index in [9.17, 15) is 0 Å². The summed E-state index contributed by atoms with van der Waals surface area (Å²) in [6.07, 6.45) is 7.97. The molecule has 4 nitrogen and oxygen atoms in total. The lowest BCUT2D eigenvalue weighted by atomic mass is 10.1. The van der Waals surface area contributed by atoms with Crippen LogP contribution in [0.4, 0.5) is 0 Å². The summed E-state index contributed by atoms with van der Waals surface area (Å²) in [6.45, 7) is 0.995. The van der Waals surface area contributed by atoms with Gasteiger partial charge in [0.15, 0.2) is 0 Å². The van der Waals surface area contributed by atoms with Crippen LogP contribution in [0.5, 0.6) is 0 Å². The lowest BCUT2D eigenvalue weighted by Gasteiger charge is -2.01. The molecule has 0 unspecified atom stereocenters. The van der Waals surface area contributed by atoms with Gasteiger partial charge < -0.3 is 5.11 Å². The zero-order chi connectivity index (χ0) is 9.80. The smallest absolute Gasteiger partial charge is 0.0857 e. The molecular weight excluding hydrogens is 178 g/mol. The van der Waals surface area contributed by atoms with Gasteiger partial charge in [-0.25, -0.2) is 0 Å². The van der Waals surface area contributed by atoms with Crippen LogP contribution in [0.2, 0.25) is 0 Å². The topological polar surface area (TPSA) is 50.9 Å². The maximum atomic E-state index is 8.68. The first kappa shape index (κ1) is 9.65. The fourth-order valence-corrected chi connectivity index (χ4v) is 2.06. The molecule has 0 bridgehead atoms. The molecule has 0 amide bonds. The SMILES string of the molecule is OCCCn1cc(C2CCCC2)nn1. The predicted octanol–water partition coefficient (Wildman–Crippen LogP) is 1.32. The van der Waals surface area contributed by atoms with E-state index in [-0.39, 0.29) is 6.61 Å². The Labute approximate surface area is 83.9 Å². The fourth-order valence-electron chi connectivity index (χ4n) is 2.06. The summed E-state index contributed by atoms with van der Waals surface area (Å²) in [5.74, 6) is 0.637. The molecule has 1 aromatic rings. The molecule has 1 heterocycles. The van der Waals surface area contributed by atoms with Crippen LogP contribution >= 0.6 is 0 Å². The van der Waals surface area contributed by atoms with Crippen LogP contribution in [0.3, 0.4) is 0 Å². The van der Waals surface area contributed by atoms with Crippen molar-refractivity contribution in [3.8, 4) is 0 Å². The summed E-state index contributed by atoms with van der Waals surface area (Å²) in [6, 6.07) is 0. The molecule has 0 radical (unpaired) electrons. The van der Waals surface area contributed by atoms with Gasteiger partial charge >= 0.3 is 0 Å². The Kier molecular flexibility index (Phi) is 3.14. The average molecular weight is 195 g/mol. The van der Waals surface area contributed by atoms with Crippen LogP contribution in [0.1, 0.15) is 43.7 Å². The third kappa shape index (κ3) is 2.12. The van der Waals surface area contributed by atoms with Crippen molar-refractivity contribution >= 4 is 0 Å². The Balaban J connectivity index is 1.94. The van der Waals surface area contributed by atoms with Crippen molar-refractivity contribution in [2.24, 2.45) is 0 Å². The van der Waals surface area contributed by atoms with E-state index in [1.165, 1.54) is 25.7 Å². The quantitative estimate of drug-likeness (QED) is 0.788. The molecule has 0 aliphatic heterocycles. The van der Waals surface area contributed by atoms with Crippen LogP contribution in [-0.2, 0) is 6.54 Å². The zero-order valence-corrected chi connectivity index (χ0v) is 8.39. The van der Waals surface area contributed by atoms with Gasteiger partial charge in [-0.15, -0.1) is 5.10 Å². The predicted molar refractivity (Wildman–Crippen MR) is 52.9 cm³/mol. The lowest BCUT2D eigenvalue weighted by molar-refractivity contribution is 0.276. The highest BCUT2D eigenvalue weighted by Crippen LogP contribution is 2.32. The van der Waals surface area contributed by atoms with Crippen LogP contribution in [0.15, 0.2) is 6.20 Å². The number of nitrogens with zero attached hydrogens (tertiary/aromatic N) is 3. The van der Waals surface area contributed by atoms with E-state index in [1.54, 1.807) is 0 Å². The second kappa shape index (κ2) is 4.55. The molecule has 14 heavy (non-hydrogen) atoms. The zero-order valence-electron chi connectivity index (χ0n) is 8.39. The summed E-state index contributed by atoms with van der Waals surface area (Å²) in [5, 5.41) is 16.9. The van der Waals surface area contributed by atoms with Gasteiger partial charge in [-0.2, -0.15) is 0 Å². The number of hydrogen-bond acceptors (Lipinski definition) is 3. The Morgan fingerprint density at radius 3 is 2.93 bits per heavy atom. The van der Waals surface area contributed by atoms with Crippen LogP contribution in [0.25, 0.3) is 0 Å². The molecule has 1 aromatic heterocycles. The molecule has 0 atom stereocenters. The summed E-state index contributed by atoms with van der Waals surface area (Å²) >= 11 is 0. The highest BCUT2D eigenvalue weighted by molar-refractivity contribution is 5.03. The summed E-state index contributed by atoms with van der Waals surface area (Å²) in [5.41, 5.74) is 1.14. The second-order valence-electron chi connectivity index (χ2n) is 3.97. The summed E-state index contributed by atoms with van der Waals surface area (Å²) < 4.78 is 1.84. The second-order valence-corrected chi connectivity index (χ2v) is 3.97. The van der Waals surface area contributed by atoms with Crippen molar-refractivity contribution < 1.29 is 5.11 Å². The molecule has 1 saturated carbocycles. The molecular formula is C10H17N3O. The first-order chi connectivity index (χ1) is 6.90. The van der Waals surface area contributed by atoms with Gasteiger partial charge in [0.05, 0.1) is 5.69 Å². The normalized spacial score (nSPS) is 17.8. The van der Waals surface area contributed by atoms with E-state index >= 15 is 0 Å². The first-order valence-corrected chi connectivity index (χ1v) is 5.41. The molecule has 0 spiro atoms. The van der Waals surface area contributed by atoms with Crippen molar-refractivity contribution in [2.45, 2.75) is 44.6 Å². The number of hydrogen-bond donors (Lipinski definition) is 1. The highest BCUT2D eigenvalue weighted by atomic mass is 16.3. The van der Waals surface area contributed by atoms with Crippen molar-refractivity contribution in [1.29, 1.82) is 0 Å². The average Bonchev–Trinajstić information content (AvgIpc) is 2.85. The van der Waals surface area contributed by atoms with E-state index in [0.29, 0.717) is 5.92 Å². The van der Waals surface area contributed by atoms with Crippen LogP contribution in [-0.4, -0.2) is 26.7 Å². The third-order valence-corrected chi connectivity index (χ3v) is 2.88. The van der Waals surface area contributed by atoms with Crippen molar-refractivity contribution in [3.63, 3.8) is 0 Å². The monoisotopic (exact) mass is 195 g/mol. The van der Waals surface area contributed by atoms with Crippen LogP contribution in [0, 0.1) is 0 Å². The molecule has 1 fully saturated rings. The minimum absolute atomic E-state index is 0.221. The van der Waals surface area contributed by atoms with Gasteiger partial charge in [0, 0.05) is 25.3 Å². The number of aliphatic hydroxyl groups excluding tert-OH is 1. The summed E-state index contributed by atoms with van der Waals surface area (Å²) in [4.78, 5) is 0. The molecule has 1 N–H and O–H groups in total. The highest BCUT2D eigenvalue weighted by Gasteiger charge is 2.19. The molecule has 1 aliphatic rings. The molecule has 1 aliphatic carbocycles. The maximum Gasteiger partial charge on any atom is 0.0857 e. The van der Waals surface area contributed by atoms with Gasteiger partial charge in [-0.1, -0.05) is 18.1 Å². The Morgan fingerprint density at radius 2 is 2.21 bits per heavy atom. The largest absolute Gasteiger partial charge is 0.396 e. The molecule has 0 aromatic carbocycles. The fraction of sp³-hybridized carbons (Fsp3) is 0.800. The van der Waals surface area contributed by atoms with E-state index in [1.807, 2.05) is 10.9 Å². The van der Waals surface area contributed by atoms with E-state index < -0.39 is 0 Å². The minimum atomic E-state index is 0.221. The Morgan fingerprint density at radius 1 is 1.43 bits per heavy atom. The third-order valence-electron chi connectivity index (χ3n) is 2.88. The molecule has 78 valence electrons. The number of aliphatic hydroxyl groups is 1. The first-order valence-electron chi connectivity index (χ1n) is 5.41. The van der Waals surface area contributed by atoms with Crippen molar-refractivity contribution in [2.75, 3.05) is 6.61 Å². The van der Waals surface area contributed by atoms with E-state index in [0.717, 1.165) is 18.7 Å². The Bertz CT molecular complexity index is 279. The number of rotatable bonds is 4. The van der Waals surface area contributed by atoms with E-state index in [2.05, 4.69) is 10.3 Å². The maximum absolute atomic E-state index is 8.68. The number of aryl methyl sites for hydroxylation is 1. The lowest BCUT2D eigenvalue weighted by Crippen LogP contribution is -2.00. The summed E-state index contributed by atoms with van der Waals surface area (Å²) in [7, 11) is 0. The van der Waals surface area contributed by atoms with Gasteiger partial charge in [0.2, 0.25) is 0 Å². The van der Waals surface area contributed by atoms with Gasteiger partial charge in [-0.3, -0.25) is 4.68 Å². The van der Waals surface area contributed by atoms with Gasteiger partial charge in [0.1, 0.15) is 0 Å². The Hall–Kier alpha value is -0.900. The van der Waals surface area contributed by atoms with Gasteiger partial charge in [0.25, 0.3) is 0 Å². The molecule has 0 saturated heterocycles. The van der Waals surface area contributed by atoms with Gasteiger partial charge in [-0.05, 0) is 19.3 Å². The van der Waals surface area contributed by atoms with Crippen molar-refractivity contribution in [1.82, 2.24) is 15.0 Å².